The zero-order valence-corrected chi connectivity index (χ0v) is 8.15. The molecule has 2 rings (SSSR count). The molecule has 0 aromatic carbocycles. The van der Waals surface area contributed by atoms with Crippen molar-refractivity contribution in [1.29, 1.82) is 0 Å². The van der Waals surface area contributed by atoms with Crippen LogP contribution in [0, 0.1) is 12.9 Å². The Hall–Kier alpha value is -2.05. The van der Waals surface area contributed by atoms with Crippen LogP contribution in [0.2, 0.25) is 0 Å². The Balaban J connectivity index is 2.53. The maximum atomic E-state index is 13.4. The van der Waals surface area contributed by atoms with Gasteiger partial charge < -0.3 is 4.74 Å². The highest BCUT2D eigenvalue weighted by Gasteiger charge is 2.14. The average Bonchev–Trinajstić information content (AvgIpc) is 2.69. The summed E-state index contributed by atoms with van der Waals surface area (Å²) >= 11 is 0. The van der Waals surface area contributed by atoms with Crippen LogP contribution in [0.3, 0.4) is 0 Å². The molecule has 78 valence electrons. The molecule has 0 bridgehead atoms. The predicted molar refractivity (Wildman–Crippen MR) is 48.7 cm³/mol. The van der Waals surface area contributed by atoms with E-state index in [1.165, 1.54) is 13.3 Å². The molecule has 0 atom stereocenters. The molecular formula is C8H8FN5O. The Kier molecular flexibility index (Phi) is 2.28. The number of aromatic amines is 1. The second-order valence-corrected chi connectivity index (χ2v) is 2.81. The topological polar surface area (TPSA) is 76.6 Å². The summed E-state index contributed by atoms with van der Waals surface area (Å²) in [4.78, 5) is 7.67. The van der Waals surface area contributed by atoms with Gasteiger partial charge in [0.05, 0.1) is 19.0 Å². The van der Waals surface area contributed by atoms with Crippen molar-refractivity contribution in [2.45, 2.75) is 6.92 Å². The van der Waals surface area contributed by atoms with Crippen molar-refractivity contribution < 1.29 is 9.13 Å². The molecule has 15 heavy (non-hydrogen) atoms. The van der Waals surface area contributed by atoms with Crippen LogP contribution >= 0.6 is 0 Å². The summed E-state index contributed by atoms with van der Waals surface area (Å²) in [6.07, 6.45) is 1.42. The highest BCUT2D eigenvalue weighted by atomic mass is 19.1. The van der Waals surface area contributed by atoms with Crippen molar-refractivity contribution in [3.8, 4) is 17.3 Å². The first-order valence-electron chi connectivity index (χ1n) is 4.16. The highest BCUT2D eigenvalue weighted by Crippen LogP contribution is 2.21. The Bertz CT molecular complexity index is 447. The summed E-state index contributed by atoms with van der Waals surface area (Å²) in [5, 5.41) is 9.75. The van der Waals surface area contributed by atoms with E-state index in [1.807, 2.05) is 0 Å². The van der Waals surface area contributed by atoms with Crippen LogP contribution in [-0.2, 0) is 0 Å². The minimum absolute atomic E-state index is 0.0437. The molecule has 0 fully saturated rings. The first-order valence-corrected chi connectivity index (χ1v) is 4.16. The summed E-state index contributed by atoms with van der Waals surface area (Å²) in [5.74, 6) is -0.482. The van der Waals surface area contributed by atoms with E-state index in [0.29, 0.717) is 11.4 Å². The maximum Gasteiger partial charge on any atom is 0.259 e. The number of H-pyrrole nitrogens is 1. The molecule has 0 spiro atoms. The van der Waals surface area contributed by atoms with Gasteiger partial charge in [-0.05, 0) is 6.92 Å². The predicted octanol–water partition coefficient (Wildman–Crippen LogP) is 0.718. The molecule has 0 unspecified atom stereocenters. The lowest BCUT2D eigenvalue weighted by atomic mass is 10.3. The Morgan fingerprint density at radius 3 is 2.73 bits per heavy atom. The maximum absolute atomic E-state index is 13.4. The first-order chi connectivity index (χ1) is 7.22. The van der Waals surface area contributed by atoms with Crippen LogP contribution in [0.5, 0.6) is 5.75 Å². The lowest BCUT2D eigenvalue weighted by Crippen LogP contribution is -2.01. The van der Waals surface area contributed by atoms with Gasteiger partial charge in [0.1, 0.15) is 5.69 Å². The van der Waals surface area contributed by atoms with Crippen molar-refractivity contribution in [1.82, 2.24) is 25.4 Å². The number of aromatic nitrogens is 5. The van der Waals surface area contributed by atoms with Gasteiger partial charge in [0.2, 0.25) is 0 Å². The van der Waals surface area contributed by atoms with E-state index < -0.39 is 5.95 Å². The summed E-state index contributed by atoms with van der Waals surface area (Å²) < 4.78 is 18.2. The number of methoxy groups -OCH3 is 1. The van der Waals surface area contributed by atoms with Crippen molar-refractivity contribution >= 4 is 0 Å². The summed E-state index contributed by atoms with van der Waals surface area (Å²) in [6, 6.07) is 0. The van der Waals surface area contributed by atoms with Crippen LogP contribution in [0.1, 0.15) is 5.69 Å². The second-order valence-electron chi connectivity index (χ2n) is 2.81. The molecule has 7 heteroatoms. The van der Waals surface area contributed by atoms with Crippen LogP contribution in [0.25, 0.3) is 11.5 Å². The standard InChI is InChI=1S/C8H8FN5O/c1-4-6(15-2)7(9)12-8(11-4)5-3-10-14-13-5/h3H,1-2H3,(H,10,13,14). The number of aryl methyl sites for hydroxylation is 1. The molecule has 0 saturated heterocycles. The molecule has 6 nitrogen and oxygen atoms in total. The normalized spacial score (nSPS) is 10.3. The summed E-state index contributed by atoms with van der Waals surface area (Å²) in [6.45, 7) is 1.63. The van der Waals surface area contributed by atoms with Gasteiger partial charge in [0, 0.05) is 0 Å². The fourth-order valence-corrected chi connectivity index (χ4v) is 1.18. The molecule has 0 aliphatic heterocycles. The fraction of sp³-hybridized carbons (Fsp3) is 0.250. The zero-order valence-electron chi connectivity index (χ0n) is 8.15. The number of nitrogens with zero attached hydrogens (tertiary/aromatic N) is 4. The molecule has 0 saturated carbocycles. The molecule has 2 heterocycles. The highest BCUT2D eigenvalue weighted by molar-refractivity contribution is 5.47. The first kappa shape index (κ1) is 9.50. The van der Waals surface area contributed by atoms with Gasteiger partial charge in [-0.1, -0.05) is 0 Å². The minimum atomic E-state index is -0.706. The van der Waals surface area contributed by atoms with Crippen molar-refractivity contribution in [2.75, 3.05) is 7.11 Å². The van der Waals surface area contributed by atoms with E-state index in [9.17, 15) is 4.39 Å². The van der Waals surface area contributed by atoms with Crippen molar-refractivity contribution in [2.24, 2.45) is 0 Å². The van der Waals surface area contributed by atoms with Gasteiger partial charge in [-0.15, -0.1) is 0 Å². The number of hydrogen-bond donors (Lipinski definition) is 1. The van der Waals surface area contributed by atoms with Crippen LogP contribution < -0.4 is 4.74 Å². The Labute approximate surface area is 84.5 Å². The molecule has 0 aliphatic rings. The third kappa shape index (κ3) is 1.63. The number of ether oxygens (including phenoxy) is 1. The smallest absolute Gasteiger partial charge is 0.259 e. The second kappa shape index (κ2) is 3.60. The van der Waals surface area contributed by atoms with Crippen LogP contribution in [0.15, 0.2) is 6.20 Å². The summed E-state index contributed by atoms with van der Waals surface area (Å²) in [5.41, 5.74) is 0.808. The zero-order chi connectivity index (χ0) is 10.8. The summed E-state index contributed by atoms with van der Waals surface area (Å²) in [7, 11) is 1.37. The minimum Gasteiger partial charge on any atom is -0.490 e. The molecule has 0 aliphatic carbocycles. The van der Waals surface area contributed by atoms with Gasteiger partial charge in [-0.25, -0.2) is 4.98 Å². The van der Waals surface area contributed by atoms with Crippen LogP contribution in [-0.4, -0.2) is 32.5 Å². The molecular weight excluding hydrogens is 201 g/mol. The van der Waals surface area contributed by atoms with E-state index in [1.54, 1.807) is 6.92 Å². The average molecular weight is 209 g/mol. The monoisotopic (exact) mass is 209 g/mol. The van der Waals surface area contributed by atoms with Crippen molar-refractivity contribution in [3.05, 3.63) is 17.8 Å². The van der Waals surface area contributed by atoms with E-state index >= 15 is 0 Å². The molecule has 0 amide bonds. The SMILES string of the molecule is COc1c(C)nc(-c2cn[nH]n2)nc1F. The fourth-order valence-electron chi connectivity index (χ4n) is 1.18. The lowest BCUT2D eigenvalue weighted by molar-refractivity contribution is 0.371. The van der Waals surface area contributed by atoms with E-state index in [0.717, 1.165) is 0 Å². The third-order valence-electron chi connectivity index (χ3n) is 1.84. The number of rotatable bonds is 2. The number of nitrogens with one attached hydrogen (secondary N) is 1. The molecule has 1 N–H and O–H groups in total. The molecule has 2 aromatic rings. The number of hydrogen-bond acceptors (Lipinski definition) is 5. The van der Waals surface area contributed by atoms with Gasteiger partial charge in [-0.2, -0.15) is 24.8 Å². The largest absolute Gasteiger partial charge is 0.490 e. The Morgan fingerprint density at radius 1 is 1.40 bits per heavy atom. The molecule has 0 radical (unpaired) electrons. The van der Waals surface area contributed by atoms with Crippen molar-refractivity contribution in [3.63, 3.8) is 0 Å². The number of halogens is 1. The molecule has 2 aromatic heterocycles. The van der Waals surface area contributed by atoms with E-state index in [-0.39, 0.29) is 11.6 Å². The van der Waals surface area contributed by atoms with Gasteiger partial charge in [0.15, 0.2) is 11.6 Å². The quantitative estimate of drug-likeness (QED) is 0.737. The lowest BCUT2D eigenvalue weighted by Gasteiger charge is -2.04. The van der Waals surface area contributed by atoms with Gasteiger partial charge >= 0.3 is 0 Å². The Morgan fingerprint density at radius 2 is 2.20 bits per heavy atom. The third-order valence-corrected chi connectivity index (χ3v) is 1.84. The van der Waals surface area contributed by atoms with E-state index in [2.05, 4.69) is 25.4 Å². The van der Waals surface area contributed by atoms with E-state index in [4.69, 9.17) is 4.74 Å². The van der Waals surface area contributed by atoms with Crippen LogP contribution in [0.4, 0.5) is 4.39 Å². The van der Waals surface area contributed by atoms with Gasteiger partial charge in [0.25, 0.3) is 5.95 Å². The van der Waals surface area contributed by atoms with Gasteiger partial charge in [-0.3, -0.25) is 0 Å².